The van der Waals surface area contributed by atoms with Crippen molar-refractivity contribution in [1.29, 1.82) is 0 Å². The van der Waals surface area contributed by atoms with Gasteiger partial charge in [0.1, 0.15) is 6.04 Å². The summed E-state index contributed by atoms with van der Waals surface area (Å²) in [5.74, 6) is 1.42. The number of rotatable bonds is 9. The van der Waals surface area contributed by atoms with Crippen molar-refractivity contribution in [3.05, 3.63) is 71.3 Å². The van der Waals surface area contributed by atoms with E-state index in [1.807, 2.05) is 57.2 Å². The van der Waals surface area contributed by atoms with Crippen LogP contribution in [0.4, 0.5) is 0 Å². The lowest BCUT2D eigenvalue weighted by molar-refractivity contribution is -0.123. The highest BCUT2D eigenvalue weighted by Crippen LogP contribution is 2.11. The highest BCUT2D eigenvalue weighted by Gasteiger charge is 2.24. The molecule has 4 nitrogen and oxygen atoms in total. The van der Waals surface area contributed by atoms with Gasteiger partial charge in [0.15, 0.2) is 0 Å². The molecule has 0 fully saturated rings. The van der Waals surface area contributed by atoms with Crippen LogP contribution < -0.4 is 10.6 Å². The van der Waals surface area contributed by atoms with Crippen LogP contribution in [0.3, 0.4) is 0 Å². The maximum absolute atomic E-state index is 12.5. The van der Waals surface area contributed by atoms with Crippen molar-refractivity contribution in [1.82, 2.24) is 10.6 Å². The first kappa shape index (κ1) is 21.0. The third kappa shape index (κ3) is 7.10. The first-order valence-corrected chi connectivity index (χ1v) is 10.4. The lowest BCUT2D eigenvalue weighted by Gasteiger charge is -2.22. The molecule has 144 valence electrons. The molecule has 0 saturated heterocycles. The van der Waals surface area contributed by atoms with Crippen molar-refractivity contribution >= 4 is 23.6 Å². The van der Waals surface area contributed by atoms with E-state index >= 15 is 0 Å². The van der Waals surface area contributed by atoms with E-state index in [1.54, 1.807) is 17.8 Å². The Morgan fingerprint density at radius 3 is 2.44 bits per heavy atom. The fourth-order valence-electron chi connectivity index (χ4n) is 2.67. The number of amides is 2. The number of carbonyl (C=O) groups excluding carboxylic acids is 2. The van der Waals surface area contributed by atoms with Gasteiger partial charge in [-0.1, -0.05) is 61.9 Å². The Balaban J connectivity index is 1.79. The Hall–Kier alpha value is -2.27. The van der Waals surface area contributed by atoms with Crippen LogP contribution in [0.5, 0.6) is 0 Å². The number of benzene rings is 2. The van der Waals surface area contributed by atoms with E-state index in [9.17, 15) is 9.59 Å². The fourth-order valence-corrected chi connectivity index (χ4v) is 3.49. The molecule has 0 aromatic heterocycles. The van der Waals surface area contributed by atoms with Crippen LogP contribution in [-0.2, 0) is 10.5 Å². The fraction of sp³-hybridized carbons (Fsp3) is 0.364. The molecule has 27 heavy (non-hydrogen) atoms. The van der Waals surface area contributed by atoms with Crippen LogP contribution >= 0.6 is 11.8 Å². The van der Waals surface area contributed by atoms with Gasteiger partial charge in [-0.15, -0.1) is 0 Å². The minimum atomic E-state index is -0.544. The van der Waals surface area contributed by atoms with Gasteiger partial charge in [-0.2, -0.15) is 11.8 Å². The molecule has 2 N–H and O–H groups in total. The standard InChI is InChI=1S/C22H28N2O2S/c1-16(2)20(24-21(25)19-11-7-8-17(3)14-19)22(26)23-12-13-27-15-18-9-5-4-6-10-18/h4-11,14,16,20H,12-13,15H2,1-3H3,(H,23,26)(H,24,25)/t20-/m0/s1. The molecule has 2 aromatic carbocycles. The van der Waals surface area contributed by atoms with E-state index in [0.29, 0.717) is 12.1 Å². The molecule has 0 aliphatic carbocycles. The van der Waals surface area contributed by atoms with Crippen molar-refractivity contribution in [2.45, 2.75) is 32.6 Å². The van der Waals surface area contributed by atoms with Gasteiger partial charge in [-0.25, -0.2) is 0 Å². The van der Waals surface area contributed by atoms with Crippen molar-refractivity contribution in [2.24, 2.45) is 5.92 Å². The molecule has 0 saturated carbocycles. The van der Waals surface area contributed by atoms with Crippen LogP contribution in [0.2, 0.25) is 0 Å². The highest BCUT2D eigenvalue weighted by molar-refractivity contribution is 7.98. The van der Waals surface area contributed by atoms with Gasteiger partial charge >= 0.3 is 0 Å². The Bertz CT molecular complexity index is 747. The summed E-state index contributed by atoms with van der Waals surface area (Å²) < 4.78 is 0. The van der Waals surface area contributed by atoms with E-state index in [1.165, 1.54) is 5.56 Å². The number of carbonyl (C=O) groups is 2. The first-order valence-electron chi connectivity index (χ1n) is 9.24. The zero-order chi connectivity index (χ0) is 19.6. The van der Waals surface area contributed by atoms with Gasteiger partial charge in [0.05, 0.1) is 0 Å². The van der Waals surface area contributed by atoms with Crippen LogP contribution in [0.25, 0.3) is 0 Å². The van der Waals surface area contributed by atoms with Crippen LogP contribution in [0, 0.1) is 12.8 Å². The second-order valence-electron chi connectivity index (χ2n) is 6.89. The average molecular weight is 385 g/mol. The second-order valence-corrected chi connectivity index (χ2v) is 8.00. The average Bonchev–Trinajstić information content (AvgIpc) is 2.66. The SMILES string of the molecule is Cc1cccc(C(=O)N[C@H](C(=O)NCCSCc2ccccc2)C(C)C)c1. The molecule has 2 amide bonds. The number of nitrogens with one attached hydrogen (secondary N) is 2. The van der Waals surface area contributed by atoms with E-state index in [2.05, 4.69) is 22.8 Å². The van der Waals surface area contributed by atoms with Crippen molar-refractivity contribution in [3.63, 3.8) is 0 Å². The number of hydrogen-bond donors (Lipinski definition) is 2. The molecule has 0 bridgehead atoms. The predicted octanol–water partition coefficient (Wildman–Crippen LogP) is 3.80. The summed E-state index contributed by atoms with van der Waals surface area (Å²) in [7, 11) is 0. The maximum Gasteiger partial charge on any atom is 0.251 e. The minimum absolute atomic E-state index is 0.00994. The molecule has 2 aromatic rings. The Labute approximate surface area is 166 Å². The van der Waals surface area contributed by atoms with Crippen LogP contribution in [0.15, 0.2) is 54.6 Å². The Morgan fingerprint density at radius 1 is 1.04 bits per heavy atom. The van der Waals surface area contributed by atoms with E-state index in [4.69, 9.17) is 0 Å². The summed E-state index contributed by atoms with van der Waals surface area (Å²) in [5, 5.41) is 5.81. The van der Waals surface area contributed by atoms with Crippen LogP contribution in [0.1, 0.15) is 35.3 Å². The third-order valence-corrected chi connectivity index (χ3v) is 5.20. The molecule has 0 aliphatic heterocycles. The molecule has 2 rings (SSSR count). The van der Waals surface area contributed by atoms with Gasteiger partial charge in [-0.3, -0.25) is 9.59 Å². The lowest BCUT2D eigenvalue weighted by atomic mass is 10.0. The zero-order valence-corrected chi connectivity index (χ0v) is 17.0. The minimum Gasteiger partial charge on any atom is -0.353 e. The largest absolute Gasteiger partial charge is 0.353 e. The Kier molecular flexibility index (Phi) is 8.40. The predicted molar refractivity (Wildman–Crippen MR) is 113 cm³/mol. The normalized spacial score (nSPS) is 11.9. The molecular weight excluding hydrogens is 356 g/mol. The Morgan fingerprint density at radius 2 is 1.78 bits per heavy atom. The van der Waals surface area contributed by atoms with Crippen molar-refractivity contribution < 1.29 is 9.59 Å². The van der Waals surface area contributed by atoms with E-state index < -0.39 is 6.04 Å². The summed E-state index contributed by atoms with van der Waals surface area (Å²) >= 11 is 1.78. The molecule has 0 spiro atoms. The van der Waals surface area contributed by atoms with Crippen molar-refractivity contribution in [3.8, 4) is 0 Å². The molecule has 0 heterocycles. The number of aryl methyl sites for hydroxylation is 1. The topological polar surface area (TPSA) is 58.2 Å². The van der Waals surface area contributed by atoms with Gasteiger partial charge < -0.3 is 10.6 Å². The van der Waals surface area contributed by atoms with E-state index in [-0.39, 0.29) is 17.7 Å². The zero-order valence-electron chi connectivity index (χ0n) is 16.2. The third-order valence-electron chi connectivity index (χ3n) is 4.17. The summed E-state index contributed by atoms with van der Waals surface area (Å²) in [6.45, 7) is 6.40. The lowest BCUT2D eigenvalue weighted by Crippen LogP contribution is -2.50. The highest BCUT2D eigenvalue weighted by atomic mass is 32.2. The molecule has 0 radical (unpaired) electrons. The number of thioether (sulfide) groups is 1. The molecule has 0 aliphatic rings. The summed E-state index contributed by atoms with van der Waals surface area (Å²) in [6, 6.07) is 17.1. The quantitative estimate of drug-likeness (QED) is 0.647. The summed E-state index contributed by atoms with van der Waals surface area (Å²) in [6.07, 6.45) is 0. The molecule has 5 heteroatoms. The summed E-state index contributed by atoms with van der Waals surface area (Å²) in [5.41, 5.74) is 2.87. The summed E-state index contributed by atoms with van der Waals surface area (Å²) in [4.78, 5) is 25.0. The van der Waals surface area contributed by atoms with Crippen LogP contribution in [-0.4, -0.2) is 30.2 Å². The molecule has 0 unspecified atom stereocenters. The maximum atomic E-state index is 12.5. The van der Waals surface area contributed by atoms with E-state index in [0.717, 1.165) is 17.1 Å². The van der Waals surface area contributed by atoms with Gasteiger partial charge in [0.25, 0.3) is 5.91 Å². The smallest absolute Gasteiger partial charge is 0.251 e. The van der Waals surface area contributed by atoms with Gasteiger partial charge in [0, 0.05) is 23.6 Å². The van der Waals surface area contributed by atoms with Crippen molar-refractivity contribution in [2.75, 3.05) is 12.3 Å². The number of hydrogen-bond acceptors (Lipinski definition) is 3. The second kappa shape index (κ2) is 10.8. The van der Waals surface area contributed by atoms with Gasteiger partial charge in [-0.05, 0) is 30.5 Å². The molecular formula is C22H28N2O2S. The first-order chi connectivity index (χ1) is 13.0. The van der Waals surface area contributed by atoms with Gasteiger partial charge in [0.2, 0.25) is 5.91 Å². The monoisotopic (exact) mass is 384 g/mol. The molecule has 1 atom stereocenters.